The fraction of sp³-hybridized carbons (Fsp3) is 0.538. The third-order valence-electron chi connectivity index (χ3n) is 3.51. The second-order valence-electron chi connectivity index (χ2n) is 4.59. The highest BCUT2D eigenvalue weighted by molar-refractivity contribution is 9.10. The molecule has 122 valence electrons. The Balaban J connectivity index is 0.00000400. The van der Waals surface area contributed by atoms with Gasteiger partial charge >= 0.3 is 0 Å². The third-order valence-corrected chi connectivity index (χ3v) is 5.60. The third kappa shape index (κ3) is 4.82. The van der Waals surface area contributed by atoms with Gasteiger partial charge in [-0.25, -0.2) is 13.1 Å². The first-order valence-corrected chi connectivity index (χ1v) is 8.69. The Morgan fingerprint density at radius 1 is 1.33 bits per heavy atom. The number of methoxy groups -OCH3 is 1. The van der Waals surface area contributed by atoms with Crippen LogP contribution in [0.4, 0.5) is 0 Å². The summed E-state index contributed by atoms with van der Waals surface area (Å²) in [7, 11) is -2.26. The normalized spacial score (nSPS) is 11.9. The number of sulfonamides is 1. The topological polar surface area (TPSA) is 81.4 Å². The van der Waals surface area contributed by atoms with E-state index in [1.807, 2.05) is 13.8 Å². The predicted octanol–water partition coefficient (Wildman–Crippen LogP) is 2.68. The van der Waals surface area contributed by atoms with Gasteiger partial charge in [-0.2, -0.15) is 0 Å². The summed E-state index contributed by atoms with van der Waals surface area (Å²) in [5.74, 6) is 0.304. The Morgan fingerprint density at radius 3 is 2.33 bits per heavy atom. The van der Waals surface area contributed by atoms with Gasteiger partial charge in [-0.3, -0.25) is 0 Å². The van der Waals surface area contributed by atoms with Gasteiger partial charge in [-0.1, -0.05) is 29.8 Å². The number of hydrogen-bond acceptors (Lipinski definition) is 4. The summed E-state index contributed by atoms with van der Waals surface area (Å²) >= 11 is 3.28. The smallest absolute Gasteiger partial charge is 0.244 e. The van der Waals surface area contributed by atoms with Crippen LogP contribution >= 0.6 is 28.3 Å². The zero-order chi connectivity index (χ0) is 15.4. The van der Waals surface area contributed by atoms with Crippen LogP contribution in [-0.2, 0) is 10.0 Å². The van der Waals surface area contributed by atoms with Gasteiger partial charge in [-0.15, -0.1) is 12.4 Å². The van der Waals surface area contributed by atoms with E-state index in [2.05, 4.69) is 20.7 Å². The largest absolute Gasteiger partial charge is 0.495 e. The van der Waals surface area contributed by atoms with Crippen LogP contribution in [0.2, 0.25) is 0 Å². The number of hydrogen-bond donors (Lipinski definition) is 2. The van der Waals surface area contributed by atoms with Crippen molar-refractivity contribution in [1.29, 1.82) is 0 Å². The summed E-state index contributed by atoms with van der Waals surface area (Å²) in [6.07, 6.45) is 1.24. The molecular formula is C13H22BrClN2O3S. The van der Waals surface area contributed by atoms with Crippen LogP contribution in [0.15, 0.2) is 27.6 Å². The van der Waals surface area contributed by atoms with Crippen molar-refractivity contribution in [2.24, 2.45) is 5.73 Å². The molecule has 3 N–H and O–H groups in total. The summed E-state index contributed by atoms with van der Waals surface area (Å²) < 4.78 is 33.7. The molecule has 0 fully saturated rings. The van der Waals surface area contributed by atoms with Crippen LogP contribution < -0.4 is 15.2 Å². The molecule has 0 saturated heterocycles. The summed E-state index contributed by atoms with van der Waals surface area (Å²) in [6.45, 7) is 4.07. The standard InChI is InChI=1S/C13H21BrN2O3S.ClH/c1-4-13(5-2,9-15)16-20(17,18)12-8-10(14)6-7-11(12)19-3;/h6-8,16H,4-5,9,15H2,1-3H3;1H. The Morgan fingerprint density at radius 2 is 1.90 bits per heavy atom. The van der Waals surface area contributed by atoms with E-state index in [4.69, 9.17) is 10.5 Å². The van der Waals surface area contributed by atoms with E-state index < -0.39 is 15.6 Å². The highest BCUT2D eigenvalue weighted by Gasteiger charge is 2.32. The average molecular weight is 402 g/mol. The van der Waals surface area contributed by atoms with E-state index in [9.17, 15) is 8.42 Å². The summed E-state index contributed by atoms with van der Waals surface area (Å²) in [4.78, 5) is 0.106. The number of nitrogens with one attached hydrogen (secondary N) is 1. The molecule has 1 aromatic rings. The molecule has 0 unspecified atom stereocenters. The lowest BCUT2D eigenvalue weighted by atomic mass is 9.95. The number of rotatable bonds is 7. The minimum absolute atomic E-state index is 0. The molecule has 0 saturated carbocycles. The van der Waals surface area contributed by atoms with Crippen LogP contribution in [0.5, 0.6) is 5.75 Å². The minimum Gasteiger partial charge on any atom is -0.495 e. The fourth-order valence-corrected chi connectivity index (χ4v) is 4.19. The molecular weight excluding hydrogens is 380 g/mol. The lowest BCUT2D eigenvalue weighted by Gasteiger charge is -2.31. The molecule has 1 rings (SSSR count). The first-order valence-electron chi connectivity index (χ1n) is 6.41. The molecule has 0 aliphatic carbocycles. The van der Waals surface area contributed by atoms with E-state index >= 15 is 0 Å². The summed E-state index contributed by atoms with van der Waals surface area (Å²) in [5, 5.41) is 0. The van der Waals surface area contributed by atoms with E-state index in [1.54, 1.807) is 12.1 Å². The lowest BCUT2D eigenvalue weighted by Crippen LogP contribution is -2.52. The zero-order valence-electron chi connectivity index (χ0n) is 12.3. The average Bonchev–Trinajstić information content (AvgIpc) is 2.45. The second-order valence-corrected chi connectivity index (χ2v) is 7.16. The fourth-order valence-electron chi connectivity index (χ4n) is 1.93. The van der Waals surface area contributed by atoms with E-state index in [-0.39, 0.29) is 23.8 Å². The first-order chi connectivity index (χ1) is 9.34. The molecule has 0 heterocycles. The quantitative estimate of drug-likeness (QED) is 0.736. The molecule has 0 bridgehead atoms. The van der Waals surface area contributed by atoms with Crippen molar-refractivity contribution in [2.45, 2.75) is 37.1 Å². The van der Waals surface area contributed by atoms with Crippen molar-refractivity contribution in [3.63, 3.8) is 0 Å². The SMILES string of the molecule is CCC(CC)(CN)NS(=O)(=O)c1cc(Br)ccc1OC.Cl. The molecule has 0 aromatic heterocycles. The van der Waals surface area contributed by atoms with Crippen LogP contribution in [0.1, 0.15) is 26.7 Å². The second kappa shape index (κ2) is 8.33. The van der Waals surface area contributed by atoms with Gasteiger partial charge in [0.1, 0.15) is 10.6 Å². The highest BCUT2D eigenvalue weighted by atomic mass is 79.9. The summed E-state index contributed by atoms with van der Waals surface area (Å²) in [5.41, 5.74) is 5.11. The van der Waals surface area contributed by atoms with E-state index in [1.165, 1.54) is 13.2 Å². The first kappa shape index (κ1) is 20.7. The van der Waals surface area contributed by atoms with Gasteiger partial charge in [0.2, 0.25) is 10.0 Å². The number of halogens is 2. The van der Waals surface area contributed by atoms with E-state index in [0.717, 1.165) is 0 Å². The van der Waals surface area contributed by atoms with Crippen molar-refractivity contribution in [2.75, 3.05) is 13.7 Å². The molecule has 0 radical (unpaired) electrons. The number of ether oxygens (including phenoxy) is 1. The Kier molecular flexibility index (Phi) is 8.20. The Labute approximate surface area is 141 Å². The molecule has 8 heteroatoms. The number of nitrogens with two attached hydrogens (primary N) is 1. The van der Waals surface area contributed by atoms with Crippen molar-refractivity contribution in [3.8, 4) is 5.75 Å². The molecule has 0 spiro atoms. The van der Waals surface area contributed by atoms with Crippen molar-refractivity contribution in [3.05, 3.63) is 22.7 Å². The van der Waals surface area contributed by atoms with Crippen molar-refractivity contribution < 1.29 is 13.2 Å². The van der Waals surface area contributed by atoms with Crippen LogP contribution in [0, 0.1) is 0 Å². The molecule has 21 heavy (non-hydrogen) atoms. The van der Waals surface area contributed by atoms with Crippen molar-refractivity contribution >= 4 is 38.4 Å². The van der Waals surface area contributed by atoms with E-state index in [0.29, 0.717) is 23.1 Å². The molecule has 0 aliphatic heterocycles. The van der Waals surface area contributed by atoms with Crippen LogP contribution in [-0.4, -0.2) is 27.6 Å². The molecule has 1 aromatic carbocycles. The molecule has 0 atom stereocenters. The maximum absolute atomic E-state index is 12.6. The maximum atomic E-state index is 12.6. The highest BCUT2D eigenvalue weighted by Crippen LogP contribution is 2.29. The van der Waals surface area contributed by atoms with Gasteiger partial charge < -0.3 is 10.5 Å². The molecule has 0 amide bonds. The Hall–Kier alpha value is -0.340. The van der Waals surface area contributed by atoms with Crippen LogP contribution in [0.3, 0.4) is 0 Å². The predicted molar refractivity (Wildman–Crippen MR) is 90.6 cm³/mol. The van der Waals surface area contributed by atoms with Gasteiger partial charge in [0.15, 0.2) is 0 Å². The van der Waals surface area contributed by atoms with Crippen molar-refractivity contribution in [1.82, 2.24) is 4.72 Å². The Bertz CT molecular complexity index is 554. The summed E-state index contributed by atoms with van der Waals surface area (Å²) in [6, 6.07) is 4.86. The molecule has 5 nitrogen and oxygen atoms in total. The minimum atomic E-state index is -3.70. The van der Waals surface area contributed by atoms with Crippen LogP contribution in [0.25, 0.3) is 0 Å². The maximum Gasteiger partial charge on any atom is 0.244 e. The molecule has 0 aliphatic rings. The van der Waals surface area contributed by atoms with Gasteiger partial charge in [0.05, 0.1) is 7.11 Å². The van der Waals surface area contributed by atoms with Gasteiger partial charge in [0, 0.05) is 16.6 Å². The monoisotopic (exact) mass is 400 g/mol. The lowest BCUT2D eigenvalue weighted by molar-refractivity contribution is 0.360. The van der Waals surface area contributed by atoms with Gasteiger partial charge in [-0.05, 0) is 31.0 Å². The number of benzene rings is 1. The zero-order valence-corrected chi connectivity index (χ0v) is 15.6. The van der Waals surface area contributed by atoms with Gasteiger partial charge in [0.25, 0.3) is 0 Å².